The summed E-state index contributed by atoms with van der Waals surface area (Å²) in [5.74, 6) is -0.579. The van der Waals surface area contributed by atoms with E-state index in [1.807, 2.05) is 0 Å². The zero-order valence-electron chi connectivity index (χ0n) is 10.3. The van der Waals surface area contributed by atoms with E-state index in [9.17, 15) is 9.18 Å². The van der Waals surface area contributed by atoms with Crippen LogP contribution in [0, 0.1) is 5.82 Å². The zero-order chi connectivity index (χ0) is 13.1. The van der Waals surface area contributed by atoms with Crippen LogP contribution in [0.25, 0.3) is 0 Å². The van der Waals surface area contributed by atoms with Crippen molar-refractivity contribution in [2.24, 2.45) is 5.73 Å². The molecule has 2 rings (SSSR count). The number of amides is 1. The van der Waals surface area contributed by atoms with Crippen molar-refractivity contribution in [1.29, 1.82) is 0 Å². The van der Waals surface area contributed by atoms with Gasteiger partial charge in [0.15, 0.2) is 11.6 Å². The molecule has 1 saturated carbocycles. The summed E-state index contributed by atoms with van der Waals surface area (Å²) in [5.41, 5.74) is 5.80. The van der Waals surface area contributed by atoms with Crippen molar-refractivity contribution >= 4 is 11.6 Å². The fraction of sp³-hybridized carbons (Fsp3) is 0.462. The Kier molecular flexibility index (Phi) is 3.81. The number of halogens is 1. The molecule has 98 valence electrons. The summed E-state index contributed by atoms with van der Waals surface area (Å²) < 4.78 is 19.2. The molecule has 3 N–H and O–H groups in total. The van der Waals surface area contributed by atoms with Gasteiger partial charge in [0, 0.05) is 11.8 Å². The fourth-order valence-electron chi connectivity index (χ4n) is 1.60. The van der Waals surface area contributed by atoms with Gasteiger partial charge in [0.05, 0.1) is 12.1 Å². The Morgan fingerprint density at radius 2 is 2.28 bits per heavy atom. The van der Waals surface area contributed by atoms with E-state index in [4.69, 9.17) is 10.5 Å². The summed E-state index contributed by atoms with van der Waals surface area (Å²) in [7, 11) is 0. The number of benzene rings is 1. The molecule has 0 heterocycles. The SMILES string of the molecule is C[C@H](N)C(=O)Nc1ccc(OC2CCC2)c(F)c1. The summed E-state index contributed by atoms with van der Waals surface area (Å²) in [6.45, 7) is 1.57. The second-order valence-corrected chi connectivity index (χ2v) is 4.59. The smallest absolute Gasteiger partial charge is 0.241 e. The van der Waals surface area contributed by atoms with Crippen molar-refractivity contribution < 1.29 is 13.9 Å². The summed E-state index contributed by atoms with van der Waals surface area (Å²) in [5, 5.41) is 2.53. The minimum atomic E-state index is -0.626. The molecular weight excluding hydrogens is 235 g/mol. The predicted octanol–water partition coefficient (Wildman–Crippen LogP) is 2.04. The number of hydrogen-bond acceptors (Lipinski definition) is 3. The van der Waals surface area contributed by atoms with Crippen molar-refractivity contribution in [1.82, 2.24) is 0 Å². The van der Waals surface area contributed by atoms with Crippen LogP contribution in [0.4, 0.5) is 10.1 Å². The normalized spacial score (nSPS) is 16.8. The predicted molar refractivity (Wildman–Crippen MR) is 66.9 cm³/mol. The standard InChI is InChI=1S/C13H17FN2O2/c1-8(15)13(17)16-9-5-6-12(11(14)7-9)18-10-3-2-4-10/h5-8,10H,2-4,15H2,1H3,(H,16,17)/t8-/m0/s1. The van der Waals surface area contributed by atoms with E-state index in [1.54, 1.807) is 13.0 Å². The molecule has 18 heavy (non-hydrogen) atoms. The molecule has 1 aliphatic carbocycles. The molecule has 0 aromatic heterocycles. The number of carbonyl (C=O) groups excluding carboxylic acids is 1. The maximum absolute atomic E-state index is 13.7. The van der Waals surface area contributed by atoms with E-state index < -0.39 is 11.9 Å². The van der Waals surface area contributed by atoms with E-state index >= 15 is 0 Å². The van der Waals surface area contributed by atoms with Gasteiger partial charge in [-0.05, 0) is 38.3 Å². The molecular formula is C13H17FN2O2. The third-order valence-electron chi connectivity index (χ3n) is 2.96. The quantitative estimate of drug-likeness (QED) is 0.862. The van der Waals surface area contributed by atoms with Crippen LogP contribution in [0.15, 0.2) is 18.2 Å². The third-order valence-corrected chi connectivity index (χ3v) is 2.96. The molecule has 0 radical (unpaired) electrons. The topological polar surface area (TPSA) is 64.4 Å². The van der Waals surface area contributed by atoms with E-state index in [2.05, 4.69) is 5.32 Å². The Balaban J connectivity index is 2.02. The van der Waals surface area contributed by atoms with Crippen molar-refractivity contribution in [3.8, 4) is 5.75 Å². The summed E-state index contributed by atoms with van der Waals surface area (Å²) >= 11 is 0. The molecule has 4 nitrogen and oxygen atoms in total. The molecule has 1 aliphatic rings. The Hall–Kier alpha value is -1.62. The molecule has 0 spiro atoms. The van der Waals surface area contributed by atoms with Crippen LogP contribution in [0.3, 0.4) is 0 Å². The van der Waals surface area contributed by atoms with Gasteiger partial charge in [0.1, 0.15) is 0 Å². The largest absolute Gasteiger partial charge is 0.487 e. The second kappa shape index (κ2) is 5.35. The highest BCUT2D eigenvalue weighted by molar-refractivity contribution is 5.94. The van der Waals surface area contributed by atoms with Gasteiger partial charge in [-0.2, -0.15) is 0 Å². The van der Waals surface area contributed by atoms with Crippen LogP contribution in [0.2, 0.25) is 0 Å². The van der Waals surface area contributed by atoms with E-state index in [1.165, 1.54) is 12.1 Å². The monoisotopic (exact) mass is 252 g/mol. The first-order chi connectivity index (χ1) is 8.56. The molecule has 5 heteroatoms. The molecule has 1 amide bonds. The molecule has 1 atom stereocenters. The first-order valence-electron chi connectivity index (χ1n) is 6.09. The van der Waals surface area contributed by atoms with Crippen LogP contribution < -0.4 is 15.8 Å². The second-order valence-electron chi connectivity index (χ2n) is 4.59. The lowest BCUT2D eigenvalue weighted by Crippen LogP contribution is -2.32. The number of carbonyl (C=O) groups is 1. The van der Waals surface area contributed by atoms with Crippen LogP contribution in [0.5, 0.6) is 5.75 Å². The Labute approximate surface area is 105 Å². The van der Waals surface area contributed by atoms with Crippen LogP contribution in [-0.2, 0) is 4.79 Å². The molecule has 1 fully saturated rings. The molecule has 0 unspecified atom stereocenters. The minimum absolute atomic E-state index is 0.129. The van der Waals surface area contributed by atoms with E-state index in [0.29, 0.717) is 5.69 Å². The number of hydrogen-bond donors (Lipinski definition) is 2. The highest BCUT2D eigenvalue weighted by atomic mass is 19.1. The molecule has 0 aliphatic heterocycles. The minimum Gasteiger partial charge on any atom is -0.487 e. The lowest BCUT2D eigenvalue weighted by atomic mass is 9.96. The first-order valence-corrected chi connectivity index (χ1v) is 6.09. The van der Waals surface area contributed by atoms with Crippen LogP contribution in [-0.4, -0.2) is 18.1 Å². The van der Waals surface area contributed by atoms with Crippen molar-refractivity contribution in [2.45, 2.75) is 38.3 Å². The Bertz CT molecular complexity index is 445. The first kappa shape index (κ1) is 12.8. The van der Waals surface area contributed by atoms with Gasteiger partial charge in [0.25, 0.3) is 0 Å². The van der Waals surface area contributed by atoms with Crippen molar-refractivity contribution in [2.75, 3.05) is 5.32 Å². The summed E-state index contributed by atoms with van der Waals surface area (Å²) in [4.78, 5) is 11.4. The molecule has 1 aromatic rings. The average molecular weight is 252 g/mol. The molecule has 0 bridgehead atoms. The molecule has 0 saturated heterocycles. The van der Waals surface area contributed by atoms with Gasteiger partial charge >= 0.3 is 0 Å². The fourth-order valence-corrected chi connectivity index (χ4v) is 1.60. The lowest BCUT2D eigenvalue weighted by Gasteiger charge is -2.26. The number of nitrogens with one attached hydrogen (secondary N) is 1. The van der Waals surface area contributed by atoms with Gasteiger partial charge < -0.3 is 15.8 Å². The third kappa shape index (κ3) is 2.98. The lowest BCUT2D eigenvalue weighted by molar-refractivity contribution is -0.117. The number of rotatable bonds is 4. The van der Waals surface area contributed by atoms with Crippen molar-refractivity contribution in [3.63, 3.8) is 0 Å². The number of ether oxygens (including phenoxy) is 1. The maximum Gasteiger partial charge on any atom is 0.241 e. The summed E-state index contributed by atoms with van der Waals surface area (Å²) in [6, 6.07) is 3.76. The van der Waals surface area contributed by atoms with E-state index in [-0.39, 0.29) is 17.8 Å². The van der Waals surface area contributed by atoms with Crippen LogP contribution >= 0.6 is 0 Å². The van der Waals surface area contributed by atoms with Gasteiger partial charge in [-0.3, -0.25) is 4.79 Å². The number of anilines is 1. The average Bonchev–Trinajstić information content (AvgIpc) is 2.25. The highest BCUT2D eigenvalue weighted by Crippen LogP contribution is 2.28. The van der Waals surface area contributed by atoms with Gasteiger partial charge in [-0.1, -0.05) is 0 Å². The summed E-state index contributed by atoms with van der Waals surface area (Å²) in [6.07, 6.45) is 3.21. The Morgan fingerprint density at radius 3 is 2.78 bits per heavy atom. The Morgan fingerprint density at radius 1 is 1.56 bits per heavy atom. The van der Waals surface area contributed by atoms with Gasteiger partial charge in [-0.25, -0.2) is 4.39 Å². The highest BCUT2D eigenvalue weighted by Gasteiger charge is 2.20. The van der Waals surface area contributed by atoms with Crippen molar-refractivity contribution in [3.05, 3.63) is 24.0 Å². The molecule has 1 aromatic carbocycles. The van der Waals surface area contributed by atoms with Gasteiger partial charge in [-0.15, -0.1) is 0 Å². The maximum atomic E-state index is 13.7. The number of nitrogens with two attached hydrogens (primary N) is 1. The van der Waals surface area contributed by atoms with E-state index in [0.717, 1.165) is 19.3 Å². The van der Waals surface area contributed by atoms with Crippen LogP contribution in [0.1, 0.15) is 26.2 Å². The van der Waals surface area contributed by atoms with Gasteiger partial charge in [0.2, 0.25) is 5.91 Å². The zero-order valence-corrected chi connectivity index (χ0v) is 10.3.